The fourth-order valence-electron chi connectivity index (χ4n) is 3.23. The number of carbonyl (C=O) groups is 1. The van der Waals surface area contributed by atoms with Crippen molar-refractivity contribution in [1.82, 2.24) is 4.98 Å². The van der Waals surface area contributed by atoms with Crippen LogP contribution in [0.5, 0.6) is 0 Å². The lowest BCUT2D eigenvalue weighted by Gasteiger charge is -2.11. The van der Waals surface area contributed by atoms with Crippen molar-refractivity contribution in [2.24, 2.45) is 11.8 Å². The molecule has 0 aliphatic heterocycles. The molecule has 0 amide bonds. The number of aliphatic carboxylic acids is 1. The van der Waals surface area contributed by atoms with Gasteiger partial charge in [-0.05, 0) is 43.4 Å². The molecular weight excluding hydrogens is 270 g/mol. The molecule has 1 saturated carbocycles. The topological polar surface area (TPSA) is 50.2 Å². The lowest BCUT2D eigenvalue weighted by Crippen LogP contribution is -2.16. The summed E-state index contributed by atoms with van der Waals surface area (Å²) in [7, 11) is 0. The SMILES string of the molecule is CCC1CC(C(=O)O)C(c2nc3ccc(C)cc3s2)C1. The summed E-state index contributed by atoms with van der Waals surface area (Å²) in [5.41, 5.74) is 2.22. The van der Waals surface area contributed by atoms with Crippen LogP contribution in [-0.4, -0.2) is 16.1 Å². The third-order valence-corrected chi connectivity index (χ3v) is 5.58. The largest absolute Gasteiger partial charge is 0.481 e. The van der Waals surface area contributed by atoms with Crippen LogP contribution in [0.1, 0.15) is 42.7 Å². The van der Waals surface area contributed by atoms with E-state index in [9.17, 15) is 9.90 Å². The lowest BCUT2D eigenvalue weighted by atomic mass is 9.97. The van der Waals surface area contributed by atoms with Gasteiger partial charge >= 0.3 is 5.97 Å². The Labute approximate surface area is 122 Å². The zero-order valence-electron chi connectivity index (χ0n) is 11.8. The summed E-state index contributed by atoms with van der Waals surface area (Å²) >= 11 is 1.67. The van der Waals surface area contributed by atoms with Crippen LogP contribution in [0.25, 0.3) is 10.2 Å². The van der Waals surface area contributed by atoms with Gasteiger partial charge in [0.05, 0.1) is 21.1 Å². The monoisotopic (exact) mass is 289 g/mol. The molecule has 1 aliphatic rings. The molecule has 1 heterocycles. The van der Waals surface area contributed by atoms with Crippen LogP contribution in [0.15, 0.2) is 18.2 Å². The van der Waals surface area contributed by atoms with Crippen molar-refractivity contribution in [3.63, 3.8) is 0 Å². The predicted molar refractivity (Wildman–Crippen MR) is 81.2 cm³/mol. The zero-order chi connectivity index (χ0) is 14.3. The number of carboxylic acid groups (broad SMARTS) is 1. The number of nitrogens with zero attached hydrogens (tertiary/aromatic N) is 1. The Balaban J connectivity index is 1.98. The first kappa shape index (κ1) is 13.6. The van der Waals surface area contributed by atoms with Gasteiger partial charge < -0.3 is 5.11 Å². The molecule has 4 heteroatoms. The Morgan fingerprint density at radius 3 is 2.95 bits per heavy atom. The van der Waals surface area contributed by atoms with Gasteiger partial charge in [0.25, 0.3) is 0 Å². The van der Waals surface area contributed by atoms with Crippen molar-refractivity contribution >= 4 is 27.5 Å². The average Bonchev–Trinajstić information content (AvgIpc) is 3.00. The first-order valence-corrected chi connectivity index (χ1v) is 8.00. The molecule has 3 rings (SSSR count). The van der Waals surface area contributed by atoms with Gasteiger partial charge in [0.15, 0.2) is 0 Å². The van der Waals surface area contributed by atoms with E-state index >= 15 is 0 Å². The summed E-state index contributed by atoms with van der Waals surface area (Å²) in [6, 6.07) is 6.23. The minimum Gasteiger partial charge on any atom is -0.481 e. The third-order valence-electron chi connectivity index (χ3n) is 4.43. The smallest absolute Gasteiger partial charge is 0.307 e. The first-order chi connectivity index (χ1) is 9.58. The van der Waals surface area contributed by atoms with Crippen molar-refractivity contribution in [3.8, 4) is 0 Å². The van der Waals surface area contributed by atoms with E-state index in [2.05, 4.69) is 26.0 Å². The van der Waals surface area contributed by atoms with Crippen LogP contribution < -0.4 is 0 Å². The Morgan fingerprint density at radius 1 is 1.45 bits per heavy atom. The summed E-state index contributed by atoms with van der Waals surface area (Å²) < 4.78 is 1.17. The van der Waals surface area contributed by atoms with E-state index in [1.165, 1.54) is 10.3 Å². The van der Waals surface area contributed by atoms with Crippen LogP contribution >= 0.6 is 11.3 Å². The van der Waals surface area contributed by atoms with E-state index in [1.807, 2.05) is 6.07 Å². The molecule has 2 aromatic rings. The number of aryl methyl sites for hydroxylation is 1. The molecular formula is C16H19NO2S. The van der Waals surface area contributed by atoms with Crippen LogP contribution in [-0.2, 0) is 4.79 Å². The Hall–Kier alpha value is -1.42. The Kier molecular flexibility index (Phi) is 3.50. The van der Waals surface area contributed by atoms with E-state index in [0.29, 0.717) is 5.92 Å². The molecule has 0 saturated heterocycles. The van der Waals surface area contributed by atoms with Gasteiger partial charge in [-0.1, -0.05) is 19.4 Å². The molecule has 0 bridgehead atoms. The number of hydrogen-bond acceptors (Lipinski definition) is 3. The summed E-state index contributed by atoms with van der Waals surface area (Å²) in [6.07, 6.45) is 2.82. The fraction of sp³-hybridized carbons (Fsp3) is 0.500. The molecule has 0 radical (unpaired) electrons. The van der Waals surface area contributed by atoms with Gasteiger partial charge in [0.2, 0.25) is 0 Å². The second-order valence-corrected chi connectivity index (χ2v) is 6.88. The zero-order valence-corrected chi connectivity index (χ0v) is 12.6. The summed E-state index contributed by atoms with van der Waals surface area (Å²) in [6.45, 7) is 4.22. The molecule has 1 fully saturated rings. The van der Waals surface area contributed by atoms with Gasteiger partial charge in [-0.25, -0.2) is 4.98 Å². The molecule has 1 aromatic carbocycles. The van der Waals surface area contributed by atoms with Gasteiger partial charge in [-0.3, -0.25) is 4.79 Å². The fourth-order valence-corrected chi connectivity index (χ4v) is 4.47. The van der Waals surface area contributed by atoms with Crippen molar-refractivity contribution in [2.75, 3.05) is 0 Å². The van der Waals surface area contributed by atoms with Crippen molar-refractivity contribution in [2.45, 2.75) is 39.0 Å². The maximum absolute atomic E-state index is 11.5. The van der Waals surface area contributed by atoms with Gasteiger partial charge in [-0.15, -0.1) is 11.3 Å². The molecule has 20 heavy (non-hydrogen) atoms. The second kappa shape index (κ2) is 5.17. The average molecular weight is 289 g/mol. The summed E-state index contributed by atoms with van der Waals surface area (Å²) in [4.78, 5) is 16.2. The van der Waals surface area contributed by atoms with E-state index in [1.54, 1.807) is 11.3 Å². The molecule has 3 unspecified atom stereocenters. The number of fused-ring (bicyclic) bond motifs is 1. The third kappa shape index (κ3) is 2.33. The van der Waals surface area contributed by atoms with Crippen LogP contribution in [0.3, 0.4) is 0 Å². The van der Waals surface area contributed by atoms with E-state index < -0.39 is 5.97 Å². The molecule has 106 valence electrons. The number of thiazole rings is 1. The molecule has 0 spiro atoms. The highest BCUT2D eigenvalue weighted by Crippen LogP contribution is 2.46. The number of carboxylic acids is 1. The quantitative estimate of drug-likeness (QED) is 0.920. The van der Waals surface area contributed by atoms with Crippen molar-refractivity contribution in [1.29, 1.82) is 0 Å². The summed E-state index contributed by atoms with van der Waals surface area (Å²) in [5, 5.41) is 10.5. The second-order valence-electron chi connectivity index (χ2n) is 5.82. The lowest BCUT2D eigenvalue weighted by molar-refractivity contribution is -0.142. The molecule has 1 aromatic heterocycles. The number of benzene rings is 1. The van der Waals surface area contributed by atoms with Crippen LogP contribution in [0, 0.1) is 18.8 Å². The maximum atomic E-state index is 11.5. The van der Waals surface area contributed by atoms with E-state index in [0.717, 1.165) is 29.8 Å². The highest BCUT2D eigenvalue weighted by molar-refractivity contribution is 7.18. The molecule has 3 nitrogen and oxygen atoms in total. The number of aromatic nitrogens is 1. The van der Waals surface area contributed by atoms with E-state index in [4.69, 9.17) is 4.98 Å². The highest BCUT2D eigenvalue weighted by atomic mass is 32.1. The predicted octanol–water partition coefficient (Wildman–Crippen LogP) is 4.21. The van der Waals surface area contributed by atoms with Gasteiger partial charge in [-0.2, -0.15) is 0 Å². The number of hydrogen-bond donors (Lipinski definition) is 1. The minimum atomic E-state index is -0.665. The Morgan fingerprint density at radius 2 is 2.25 bits per heavy atom. The van der Waals surface area contributed by atoms with Crippen molar-refractivity contribution < 1.29 is 9.90 Å². The first-order valence-electron chi connectivity index (χ1n) is 7.18. The van der Waals surface area contributed by atoms with Crippen LogP contribution in [0.4, 0.5) is 0 Å². The van der Waals surface area contributed by atoms with E-state index in [-0.39, 0.29) is 11.8 Å². The summed E-state index contributed by atoms with van der Waals surface area (Å²) in [5.74, 6) is -0.312. The minimum absolute atomic E-state index is 0.0927. The number of rotatable bonds is 3. The normalized spacial score (nSPS) is 26.2. The molecule has 3 atom stereocenters. The van der Waals surface area contributed by atoms with Crippen LogP contribution in [0.2, 0.25) is 0 Å². The Bertz CT molecular complexity index is 649. The van der Waals surface area contributed by atoms with Gasteiger partial charge in [0.1, 0.15) is 0 Å². The molecule has 1 aliphatic carbocycles. The molecule has 1 N–H and O–H groups in total. The maximum Gasteiger partial charge on any atom is 0.307 e. The van der Waals surface area contributed by atoms with Crippen molar-refractivity contribution in [3.05, 3.63) is 28.8 Å². The van der Waals surface area contributed by atoms with Gasteiger partial charge in [0, 0.05) is 5.92 Å². The standard InChI is InChI=1S/C16H19NO2S/c1-3-10-7-11(12(8-10)16(18)19)15-17-13-5-4-9(2)6-14(13)20-15/h4-6,10-12H,3,7-8H2,1-2H3,(H,18,19). The highest BCUT2D eigenvalue weighted by Gasteiger charge is 2.40.